The molecule has 6 heteroatoms. The number of Topliss-reactive ketones (excluding diaryl/α,β-unsaturated/α-hetero) is 1. The van der Waals surface area contributed by atoms with E-state index in [-0.39, 0.29) is 12.4 Å². The van der Waals surface area contributed by atoms with Crippen LogP contribution in [0.15, 0.2) is 18.2 Å². The second kappa shape index (κ2) is 6.56. The van der Waals surface area contributed by atoms with Crippen molar-refractivity contribution >= 4 is 16.6 Å². The fourth-order valence-corrected chi connectivity index (χ4v) is 2.16. The van der Waals surface area contributed by atoms with Gasteiger partial charge in [-0.05, 0) is 12.1 Å². The molecule has 1 unspecified atom stereocenters. The number of methoxy groups -OCH3 is 1. The fraction of sp³-hybridized carbons (Fsp3) is 0.364. The number of halogens is 2. The first-order chi connectivity index (χ1) is 8.06. The third-order valence-corrected chi connectivity index (χ3v) is 3.25. The minimum Gasteiger partial charge on any atom is -0.384 e. The van der Waals surface area contributed by atoms with Gasteiger partial charge in [-0.25, -0.2) is 8.78 Å². The minimum atomic E-state index is -1.47. The molecule has 0 aliphatic heterocycles. The van der Waals surface area contributed by atoms with Crippen LogP contribution in [0.2, 0.25) is 0 Å². The predicted molar refractivity (Wildman–Crippen MR) is 60.4 cm³/mol. The minimum absolute atomic E-state index is 0.165. The quantitative estimate of drug-likeness (QED) is 0.730. The van der Waals surface area contributed by atoms with Gasteiger partial charge in [0.15, 0.2) is 5.78 Å². The number of benzene rings is 1. The zero-order chi connectivity index (χ0) is 12.8. The summed E-state index contributed by atoms with van der Waals surface area (Å²) in [6.45, 7) is 0.236. The zero-order valence-electron chi connectivity index (χ0n) is 9.24. The van der Waals surface area contributed by atoms with Crippen LogP contribution in [0.5, 0.6) is 0 Å². The Bertz CT molecular complexity index is 414. The van der Waals surface area contributed by atoms with Crippen molar-refractivity contribution in [3.63, 3.8) is 0 Å². The van der Waals surface area contributed by atoms with Gasteiger partial charge in [0.25, 0.3) is 0 Å². The Morgan fingerprint density at radius 3 is 2.47 bits per heavy atom. The molecule has 94 valence electrons. The standard InChI is InChI=1S/C11H12F2O3S/c1-16-5-6-17(15)7-10(14)11-8(12)3-2-4-9(11)13/h2-4H,5-7H2,1H3. The summed E-state index contributed by atoms with van der Waals surface area (Å²) in [6.07, 6.45) is 0. The largest absolute Gasteiger partial charge is 0.384 e. The molecule has 17 heavy (non-hydrogen) atoms. The SMILES string of the molecule is COCCS(=O)CC(=O)c1c(F)cccc1F. The van der Waals surface area contributed by atoms with Crippen LogP contribution in [-0.4, -0.2) is 35.2 Å². The summed E-state index contributed by atoms with van der Waals surface area (Å²) < 4.78 is 42.5. The van der Waals surface area contributed by atoms with Crippen molar-refractivity contribution in [2.45, 2.75) is 0 Å². The Balaban J connectivity index is 2.73. The van der Waals surface area contributed by atoms with Crippen molar-refractivity contribution in [2.75, 3.05) is 25.2 Å². The summed E-state index contributed by atoms with van der Waals surface area (Å²) in [5.41, 5.74) is -0.627. The molecule has 0 aromatic heterocycles. The van der Waals surface area contributed by atoms with Gasteiger partial charge in [0.1, 0.15) is 11.6 Å². The Morgan fingerprint density at radius 1 is 1.35 bits per heavy atom. The molecule has 1 aromatic rings. The molecule has 0 spiro atoms. The van der Waals surface area contributed by atoms with E-state index in [0.29, 0.717) is 0 Å². The second-order valence-electron chi connectivity index (χ2n) is 3.30. The lowest BCUT2D eigenvalue weighted by Crippen LogP contribution is -2.17. The van der Waals surface area contributed by atoms with Crippen molar-refractivity contribution in [1.29, 1.82) is 0 Å². The summed E-state index contributed by atoms with van der Waals surface area (Å²) in [7, 11) is -0.0349. The highest BCUT2D eigenvalue weighted by atomic mass is 32.2. The maximum atomic E-state index is 13.2. The molecule has 0 fully saturated rings. The van der Waals surface area contributed by atoms with Crippen LogP contribution in [0.4, 0.5) is 8.78 Å². The molecule has 0 aliphatic rings. The molecule has 0 aliphatic carbocycles. The number of hydrogen-bond donors (Lipinski definition) is 0. The molecule has 0 saturated carbocycles. The van der Waals surface area contributed by atoms with E-state index >= 15 is 0 Å². The second-order valence-corrected chi connectivity index (χ2v) is 4.88. The average molecular weight is 262 g/mol. The summed E-state index contributed by atoms with van der Waals surface area (Å²) in [5, 5.41) is 0. The normalized spacial score (nSPS) is 12.4. The number of ether oxygens (including phenoxy) is 1. The van der Waals surface area contributed by atoms with Crippen LogP contribution in [0.1, 0.15) is 10.4 Å². The summed E-state index contributed by atoms with van der Waals surface area (Å²) >= 11 is 0. The van der Waals surface area contributed by atoms with E-state index in [0.717, 1.165) is 12.1 Å². The van der Waals surface area contributed by atoms with Gasteiger partial charge in [0.05, 0.1) is 17.9 Å². The monoisotopic (exact) mass is 262 g/mol. The fourth-order valence-electron chi connectivity index (χ4n) is 1.23. The van der Waals surface area contributed by atoms with Gasteiger partial charge >= 0.3 is 0 Å². The highest BCUT2D eigenvalue weighted by molar-refractivity contribution is 7.85. The molecule has 0 amide bonds. The van der Waals surface area contributed by atoms with Crippen LogP contribution in [0.25, 0.3) is 0 Å². The lowest BCUT2D eigenvalue weighted by molar-refractivity contribution is 0.101. The lowest BCUT2D eigenvalue weighted by Gasteiger charge is -2.04. The van der Waals surface area contributed by atoms with Gasteiger partial charge in [-0.15, -0.1) is 0 Å². The number of carbonyl (C=O) groups excluding carboxylic acids is 1. The van der Waals surface area contributed by atoms with E-state index in [2.05, 4.69) is 0 Å². The van der Waals surface area contributed by atoms with E-state index < -0.39 is 39.5 Å². The highest BCUT2D eigenvalue weighted by Crippen LogP contribution is 2.13. The summed E-state index contributed by atoms with van der Waals surface area (Å²) in [5.74, 6) is -2.90. The third kappa shape index (κ3) is 3.98. The van der Waals surface area contributed by atoms with E-state index in [1.165, 1.54) is 13.2 Å². The van der Waals surface area contributed by atoms with Crippen molar-refractivity contribution < 1.29 is 22.5 Å². The molecule has 0 saturated heterocycles. The van der Waals surface area contributed by atoms with E-state index in [1.54, 1.807) is 0 Å². The van der Waals surface area contributed by atoms with E-state index in [4.69, 9.17) is 4.74 Å². The molecule has 1 aromatic carbocycles. The topological polar surface area (TPSA) is 43.4 Å². The molecule has 0 radical (unpaired) electrons. The first-order valence-corrected chi connectivity index (χ1v) is 6.36. The molecule has 0 bridgehead atoms. The molecule has 1 atom stereocenters. The average Bonchev–Trinajstić information content (AvgIpc) is 2.26. The maximum Gasteiger partial charge on any atom is 0.181 e. The summed E-state index contributed by atoms with van der Waals surface area (Å²) in [6, 6.07) is 3.16. The molecule has 0 heterocycles. The third-order valence-electron chi connectivity index (χ3n) is 2.05. The number of carbonyl (C=O) groups is 1. The van der Waals surface area contributed by atoms with Gasteiger partial charge < -0.3 is 4.74 Å². The van der Waals surface area contributed by atoms with Crippen LogP contribution >= 0.6 is 0 Å². The Kier molecular flexibility index (Phi) is 5.37. The zero-order valence-corrected chi connectivity index (χ0v) is 10.1. The maximum absolute atomic E-state index is 13.2. The lowest BCUT2D eigenvalue weighted by atomic mass is 10.1. The Morgan fingerprint density at radius 2 is 1.94 bits per heavy atom. The van der Waals surface area contributed by atoms with E-state index in [1.807, 2.05) is 0 Å². The van der Waals surface area contributed by atoms with Crippen LogP contribution in [0.3, 0.4) is 0 Å². The van der Waals surface area contributed by atoms with Crippen molar-refractivity contribution in [1.82, 2.24) is 0 Å². The van der Waals surface area contributed by atoms with Crippen LogP contribution < -0.4 is 0 Å². The van der Waals surface area contributed by atoms with Gasteiger partial charge in [0.2, 0.25) is 0 Å². The van der Waals surface area contributed by atoms with Crippen molar-refractivity contribution in [2.24, 2.45) is 0 Å². The molecular weight excluding hydrogens is 250 g/mol. The summed E-state index contributed by atoms with van der Waals surface area (Å²) in [4.78, 5) is 11.5. The molecule has 3 nitrogen and oxygen atoms in total. The number of ketones is 1. The van der Waals surface area contributed by atoms with Crippen molar-refractivity contribution in [3.05, 3.63) is 35.4 Å². The Labute approximate surface area is 100 Å². The van der Waals surface area contributed by atoms with Crippen LogP contribution in [-0.2, 0) is 15.5 Å². The highest BCUT2D eigenvalue weighted by Gasteiger charge is 2.18. The predicted octanol–water partition coefficient (Wildman–Crippen LogP) is 1.54. The van der Waals surface area contributed by atoms with Gasteiger partial charge in [-0.3, -0.25) is 9.00 Å². The first kappa shape index (κ1) is 13.9. The molecule has 1 rings (SSSR count). The van der Waals surface area contributed by atoms with Gasteiger partial charge in [-0.2, -0.15) is 0 Å². The van der Waals surface area contributed by atoms with Gasteiger partial charge in [-0.1, -0.05) is 6.07 Å². The smallest absolute Gasteiger partial charge is 0.181 e. The van der Waals surface area contributed by atoms with Crippen molar-refractivity contribution in [3.8, 4) is 0 Å². The number of hydrogen-bond acceptors (Lipinski definition) is 3. The van der Waals surface area contributed by atoms with E-state index in [9.17, 15) is 17.8 Å². The Hall–Kier alpha value is -1.14. The van der Waals surface area contributed by atoms with Crippen LogP contribution in [0, 0.1) is 11.6 Å². The van der Waals surface area contributed by atoms with Gasteiger partial charge in [0, 0.05) is 23.7 Å². The molecular formula is C11H12F2O3S. The first-order valence-electron chi connectivity index (χ1n) is 4.87. The number of rotatable bonds is 6. The molecule has 0 N–H and O–H groups in total.